The molecule has 22 heavy (non-hydrogen) atoms. The van der Waals surface area contributed by atoms with Gasteiger partial charge in [-0.2, -0.15) is 0 Å². The average molecular weight is 311 g/mol. The van der Waals surface area contributed by atoms with Crippen molar-refractivity contribution < 1.29 is 14.5 Å². The Morgan fingerprint density at radius 2 is 2.18 bits per heavy atom. The molecule has 0 bridgehead atoms. The quantitative estimate of drug-likeness (QED) is 0.630. The van der Waals surface area contributed by atoms with Gasteiger partial charge in [0.1, 0.15) is 12.2 Å². The Morgan fingerprint density at radius 1 is 1.55 bits per heavy atom. The van der Waals surface area contributed by atoms with Gasteiger partial charge in [0.2, 0.25) is 5.91 Å². The maximum Gasteiger partial charge on any atom is 0.350 e. The number of methoxy groups -OCH3 is 1. The molecule has 0 saturated carbocycles. The Bertz CT molecular complexity index is 551. The van der Waals surface area contributed by atoms with E-state index in [9.17, 15) is 14.9 Å². The van der Waals surface area contributed by atoms with Crippen LogP contribution in [0.5, 0.6) is 5.88 Å². The first-order valence-corrected chi connectivity index (χ1v) is 7.18. The van der Waals surface area contributed by atoms with E-state index < -0.39 is 11.0 Å². The van der Waals surface area contributed by atoms with E-state index >= 15 is 0 Å². The monoisotopic (exact) mass is 311 g/mol. The largest absolute Gasteiger partial charge is 0.475 e. The topological polar surface area (TPSA) is 103 Å². The summed E-state index contributed by atoms with van der Waals surface area (Å²) < 4.78 is 6.13. The summed E-state index contributed by atoms with van der Waals surface area (Å²) in [5.74, 6) is -0.293. The van der Waals surface area contributed by atoms with Crippen molar-refractivity contribution in [3.63, 3.8) is 0 Å². The number of carbonyl (C=O) groups excluding carboxylic acids is 1. The zero-order valence-corrected chi connectivity index (χ0v) is 13.0. The number of amides is 1. The van der Waals surface area contributed by atoms with Gasteiger partial charge in [0, 0.05) is 6.04 Å². The third-order valence-electron chi connectivity index (χ3n) is 3.91. The summed E-state index contributed by atoms with van der Waals surface area (Å²) in [4.78, 5) is 24.8. The van der Waals surface area contributed by atoms with Crippen molar-refractivity contribution in [2.45, 2.75) is 31.8 Å². The van der Waals surface area contributed by atoms with E-state index in [2.05, 4.69) is 22.4 Å². The number of piperidine rings is 1. The average Bonchev–Trinajstić information content (AvgIpc) is 2.93. The molecule has 1 unspecified atom stereocenters. The van der Waals surface area contributed by atoms with Crippen LogP contribution in [0.15, 0.2) is 6.20 Å². The Labute approximate surface area is 128 Å². The van der Waals surface area contributed by atoms with Crippen molar-refractivity contribution in [2.75, 3.05) is 27.2 Å². The summed E-state index contributed by atoms with van der Waals surface area (Å²) in [7, 11) is 3.36. The molecular formula is C13H21N5O4. The van der Waals surface area contributed by atoms with Crippen molar-refractivity contribution in [3.8, 4) is 5.88 Å². The zero-order valence-electron chi connectivity index (χ0n) is 13.0. The molecule has 1 amide bonds. The summed E-state index contributed by atoms with van der Waals surface area (Å²) in [6.07, 6.45) is 3.02. The molecule has 1 aromatic rings. The van der Waals surface area contributed by atoms with Gasteiger partial charge in [-0.3, -0.25) is 14.9 Å². The van der Waals surface area contributed by atoms with E-state index in [-0.39, 0.29) is 23.5 Å². The molecule has 122 valence electrons. The second-order valence-electron chi connectivity index (χ2n) is 5.52. The number of rotatable bonds is 5. The molecule has 0 aromatic carbocycles. The summed E-state index contributed by atoms with van der Waals surface area (Å²) in [6.45, 7) is 3.54. The van der Waals surface area contributed by atoms with Crippen molar-refractivity contribution >= 4 is 11.6 Å². The van der Waals surface area contributed by atoms with Crippen molar-refractivity contribution in [2.24, 2.45) is 0 Å². The number of nitro groups is 1. The smallest absolute Gasteiger partial charge is 0.350 e. The minimum atomic E-state index is -0.637. The van der Waals surface area contributed by atoms with E-state index in [1.54, 1.807) is 6.92 Å². The van der Waals surface area contributed by atoms with Crippen molar-refractivity contribution in [3.05, 3.63) is 16.3 Å². The Hall–Kier alpha value is -2.16. The number of hydrogen-bond donors (Lipinski definition) is 1. The second-order valence-corrected chi connectivity index (χ2v) is 5.52. The number of nitrogens with one attached hydrogen (secondary N) is 1. The highest BCUT2D eigenvalue weighted by Crippen LogP contribution is 2.26. The van der Waals surface area contributed by atoms with Gasteiger partial charge in [0.05, 0.1) is 12.0 Å². The fraction of sp³-hybridized carbons (Fsp3) is 0.692. The van der Waals surface area contributed by atoms with Crippen LogP contribution in [0.2, 0.25) is 0 Å². The minimum Gasteiger partial charge on any atom is -0.475 e. The molecule has 1 atom stereocenters. The number of likely N-dealkylation sites (tertiary alicyclic amines) is 1. The Kier molecular flexibility index (Phi) is 4.96. The van der Waals surface area contributed by atoms with E-state index in [0.29, 0.717) is 0 Å². The maximum atomic E-state index is 12.3. The SMILES string of the molecule is COc1nn(C(C)C(=O)NC2CCN(C)CC2)cc1[N+](=O)[O-]. The van der Waals surface area contributed by atoms with Gasteiger partial charge in [-0.05, 0) is 39.9 Å². The Balaban J connectivity index is 2.02. The van der Waals surface area contributed by atoms with Gasteiger partial charge >= 0.3 is 11.6 Å². The first kappa shape index (κ1) is 16.2. The predicted molar refractivity (Wildman–Crippen MR) is 78.8 cm³/mol. The molecule has 1 aliphatic heterocycles. The van der Waals surface area contributed by atoms with Crippen LogP contribution in [-0.4, -0.2) is 58.8 Å². The summed E-state index contributed by atoms with van der Waals surface area (Å²) in [6, 6.07) is -0.499. The molecule has 9 heteroatoms. The van der Waals surface area contributed by atoms with Crippen LogP contribution in [0.1, 0.15) is 25.8 Å². The van der Waals surface area contributed by atoms with Crippen molar-refractivity contribution in [1.82, 2.24) is 20.0 Å². The van der Waals surface area contributed by atoms with Crippen LogP contribution in [0, 0.1) is 10.1 Å². The van der Waals surface area contributed by atoms with Gasteiger partial charge in [-0.1, -0.05) is 0 Å². The first-order chi connectivity index (χ1) is 10.4. The molecule has 1 fully saturated rings. The second kappa shape index (κ2) is 6.73. The zero-order chi connectivity index (χ0) is 16.3. The van der Waals surface area contributed by atoms with Gasteiger partial charge < -0.3 is 15.0 Å². The molecule has 0 radical (unpaired) electrons. The van der Waals surface area contributed by atoms with Crippen LogP contribution in [0.3, 0.4) is 0 Å². The lowest BCUT2D eigenvalue weighted by Gasteiger charge is -2.30. The third kappa shape index (κ3) is 3.53. The summed E-state index contributed by atoms with van der Waals surface area (Å²) in [5.41, 5.74) is -0.249. The molecule has 1 N–H and O–H groups in total. The molecule has 0 spiro atoms. The molecule has 1 aromatic heterocycles. The number of aromatic nitrogens is 2. The number of carbonyl (C=O) groups is 1. The highest BCUT2D eigenvalue weighted by Gasteiger charge is 2.27. The molecule has 0 aliphatic carbocycles. The summed E-state index contributed by atoms with van der Waals surface area (Å²) >= 11 is 0. The normalized spacial score (nSPS) is 18.0. The van der Waals surface area contributed by atoms with E-state index in [4.69, 9.17) is 4.74 Å². The lowest BCUT2D eigenvalue weighted by molar-refractivity contribution is -0.385. The molecule has 1 saturated heterocycles. The van der Waals surface area contributed by atoms with Gasteiger partial charge in [-0.25, -0.2) is 4.68 Å². The fourth-order valence-electron chi connectivity index (χ4n) is 2.43. The minimum absolute atomic E-state index is 0.0936. The Morgan fingerprint density at radius 3 is 2.68 bits per heavy atom. The molecule has 2 rings (SSSR count). The van der Waals surface area contributed by atoms with E-state index in [1.165, 1.54) is 18.0 Å². The molecule has 9 nitrogen and oxygen atoms in total. The van der Waals surface area contributed by atoms with Crippen molar-refractivity contribution in [1.29, 1.82) is 0 Å². The van der Waals surface area contributed by atoms with Crippen LogP contribution in [0.4, 0.5) is 5.69 Å². The van der Waals surface area contributed by atoms with Gasteiger partial charge in [0.25, 0.3) is 0 Å². The lowest BCUT2D eigenvalue weighted by atomic mass is 10.1. The first-order valence-electron chi connectivity index (χ1n) is 7.18. The van der Waals surface area contributed by atoms with E-state index in [1.807, 2.05) is 0 Å². The van der Waals surface area contributed by atoms with Crippen LogP contribution >= 0.6 is 0 Å². The summed E-state index contributed by atoms with van der Waals surface area (Å²) in [5, 5.41) is 17.8. The third-order valence-corrected chi connectivity index (χ3v) is 3.91. The number of hydrogen-bond acceptors (Lipinski definition) is 6. The van der Waals surface area contributed by atoms with Crippen LogP contribution in [-0.2, 0) is 4.79 Å². The van der Waals surface area contributed by atoms with Gasteiger partial charge in [-0.15, -0.1) is 5.10 Å². The predicted octanol–water partition coefficient (Wildman–Crippen LogP) is 0.571. The van der Waals surface area contributed by atoms with E-state index in [0.717, 1.165) is 25.9 Å². The number of ether oxygens (including phenoxy) is 1. The van der Waals surface area contributed by atoms with Crippen LogP contribution in [0.25, 0.3) is 0 Å². The highest BCUT2D eigenvalue weighted by atomic mass is 16.6. The van der Waals surface area contributed by atoms with Gasteiger partial charge in [0.15, 0.2) is 0 Å². The maximum absolute atomic E-state index is 12.3. The standard InChI is InChI=1S/C13H21N5O4/c1-9(12(19)14-10-4-6-16(2)7-5-10)17-8-11(18(20)21)13(15-17)22-3/h8-10H,4-7H2,1-3H3,(H,14,19). The fourth-order valence-corrected chi connectivity index (χ4v) is 2.43. The molecule has 2 heterocycles. The number of nitrogens with zero attached hydrogens (tertiary/aromatic N) is 4. The molecular weight excluding hydrogens is 290 g/mol. The highest BCUT2D eigenvalue weighted by molar-refractivity contribution is 5.80. The molecule has 1 aliphatic rings. The van der Waals surface area contributed by atoms with Crippen LogP contribution < -0.4 is 10.1 Å². The lowest BCUT2D eigenvalue weighted by Crippen LogP contribution is -2.45.